The number of hydrogen-bond acceptors (Lipinski definition) is 3. The van der Waals surface area contributed by atoms with E-state index in [0.717, 1.165) is 16.5 Å². The van der Waals surface area contributed by atoms with Crippen LogP contribution in [0.25, 0.3) is 0 Å². The van der Waals surface area contributed by atoms with Gasteiger partial charge in [0.15, 0.2) is 6.61 Å². The van der Waals surface area contributed by atoms with Gasteiger partial charge in [0.25, 0.3) is 5.91 Å². The minimum absolute atomic E-state index is 0.0146. The van der Waals surface area contributed by atoms with Gasteiger partial charge in [-0.1, -0.05) is 71.0 Å². The van der Waals surface area contributed by atoms with E-state index < -0.39 is 6.04 Å². The van der Waals surface area contributed by atoms with Gasteiger partial charge in [0.1, 0.15) is 11.8 Å². The van der Waals surface area contributed by atoms with Crippen molar-refractivity contribution in [1.82, 2.24) is 10.2 Å². The molecule has 180 valence electrons. The highest BCUT2D eigenvalue weighted by Gasteiger charge is 2.29. The highest BCUT2D eigenvalue weighted by atomic mass is 79.9. The molecule has 0 aromatic heterocycles. The summed E-state index contributed by atoms with van der Waals surface area (Å²) < 4.78 is 6.70. The Labute approximate surface area is 207 Å². The summed E-state index contributed by atoms with van der Waals surface area (Å²) in [6.07, 6.45) is 1.35. The van der Waals surface area contributed by atoms with Crippen molar-refractivity contribution < 1.29 is 14.3 Å². The zero-order chi connectivity index (χ0) is 24.6. The Bertz CT molecular complexity index is 925. The highest BCUT2D eigenvalue weighted by Crippen LogP contribution is 2.31. The summed E-state index contributed by atoms with van der Waals surface area (Å²) in [5.41, 5.74) is 2.16. The summed E-state index contributed by atoms with van der Waals surface area (Å²) in [5.74, 6) is 0.247. The van der Waals surface area contributed by atoms with E-state index in [9.17, 15) is 9.59 Å². The first-order chi connectivity index (χ1) is 15.6. The number of rotatable bonds is 10. The molecule has 33 heavy (non-hydrogen) atoms. The fourth-order valence-corrected chi connectivity index (χ4v) is 3.94. The molecule has 2 atom stereocenters. The van der Waals surface area contributed by atoms with Gasteiger partial charge < -0.3 is 15.0 Å². The number of hydrogen-bond donors (Lipinski definition) is 1. The molecule has 0 heterocycles. The van der Waals surface area contributed by atoms with E-state index in [4.69, 9.17) is 4.74 Å². The second-order valence-electron chi connectivity index (χ2n) is 9.43. The number of amides is 2. The third-order valence-corrected chi connectivity index (χ3v) is 6.35. The van der Waals surface area contributed by atoms with Crippen molar-refractivity contribution in [2.24, 2.45) is 0 Å². The predicted molar refractivity (Wildman–Crippen MR) is 137 cm³/mol. The van der Waals surface area contributed by atoms with Gasteiger partial charge in [0.2, 0.25) is 5.91 Å². The number of carbonyl (C=O) groups is 2. The van der Waals surface area contributed by atoms with Crippen LogP contribution in [0.15, 0.2) is 53.0 Å². The molecule has 0 unspecified atom stereocenters. The van der Waals surface area contributed by atoms with Crippen LogP contribution < -0.4 is 10.1 Å². The largest absolute Gasteiger partial charge is 0.483 e. The number of nitrogens with one attached hydrogen (secondary N) is 1. The summed E-state index contributed by atoms with van der Waals surface area (Å²) in [6, 6.07) is 15.1. The van der Waals surface area contributed by atoms with E-state index in [2.05, 4.69) is 42.0 Å². The summed E-state index contributed by atoms with van der Waals surface area (Å²) in [7, 11) is 0. The smallest absolute Gasteiger partial charge is 0.261 e. The first-order valence-electron chi connectivity index (χ1n) is 11.6. The number of nitrogens with zero attached hydrogens (tertiary/aromatic N) is 1. The molecule has 0 radical (unpaired) electrons. The molecule has 0 aliphatic carbocycles. The van der Waals surface area contributed by atoms with Crippen LogP contribution in [0.1, 0.15) is 65.5 Å². The molecule has 0 spiro atoms. The van der Waals surface area contributed by atoms with Crippen LogP contribution in [-0.4, -0.2) is 35.4 Å². The number of ether oxygens (including phenoxy) is 1. The Morgan fingerprint density at radius 2 is 1.73 bits per heavy atom. The topological polar surface area (TPSA) is 58.6 Å². The maximum atomic E-state index is 13.3. The number of carbonyl (C=O) groups excluding carboxylic acids is 2. The molecule has 2 amide bonds. The Hall–Kier alpha value is -2.34. The lowest BCUT2D eigenvalue weighted by molar-refractivity contribution is -0.143. The molecule has 0 aliphatic rings. The minimum atomic E-state index is -0.568. The maximum absolute atomic E-state index is 13.3. The molecule has 0 aliphatic heterocycles. The van der Waals surface area contributed by atoms with Crippen molar-refractivity contribution in [2.75, 3.05) is 6.61 Å². The first kappa shape index (κ1) is 26.9. The van der Waals surface area contributed by atoms with Crippen LogP contribution in [-0.2, 0) is 21.5 Å². The van der Waals surface area contributed by atoms with Crippen molar-refractivity contribution in [3.63, 3.8) is 0 Å². The van der Waals surface area contributed by atoms with Crippen LogP contribution in [0.4, 0.5) is 0 Å². The van der Waals surface area contributed by atoms with Crippen LogP contribution in [0.2, 0.25) is 0 Å². The average Bonchev–Trinajstić information content (AvgIpc) is 2.77. The van der Waals surface area contributed by atoms with E-state index in [1.165, 1.54) is 5.56 Å². The third kappa shape index (κ3) is 7.88. The Morgan fingerprint density at radius 3 is 2.27 bits per heavy atom. The number of benzene rings is 2. The van der Waals surface area contributed by atoms with Gasteiger partial charge >= 0.3 is 0 Å². The molecular weight excluding hydrogens is 480 g/mol. The zero-order valence-electron chi connectivity index (χ0n) is 20.7. The van der Waals surface area contributed by atoms with Crippen molar-refractivity contribution in [3.05, 3.63) is 64.1 Å². The molecule has 0 fully saturated rings. The van der Waals surface area contributed by atoms with Gasteiger partial charge in [-0.2, -0.15) is 0 Å². The fraction of sp³-hybridized carbons (Fsp3) is 0.481. The molecule has 0 saturated heterocycles. The molecule has 1 N–H and O–H groups in total. The first-order valence-corrected chi connectivity index (χ1v) is 12.4. The summed E-state index contributed by atoms with van der Waals surface area (Å²) >= 11 is 3.57. The van der Waals surface area contributed by atoms with Crippen molar-refractivity contribution in [3.8, 4) is 5.75 Å². The monoisotopic (exact) mass is 516 g/mol. The summed E-state index contributed by atoms with van der Waals surface area (Å²) in [6.45, 7) is 12.6. The molecule has 5 nitrogen and oxygen atoms in total. The van der Waals surface area contributed by atoms with E-state index in [0.29, 0.717) is 18.7 Å². The SMILES string of the molecule is CC[C@H](C)NC(=O)[C@H](CC)N(Cc1ccccc1)C(=O)COc1ccc(C(C)(C)C)cc1Br. The lowest BCUT2D eigenvalue weighted by atomic mass is 9.87. The molecule has 2 aromatic carbocycles. The van der Waals surface area contributed by atoms with E-state index in [1.807, 2.05) is 69.3 Å². The molecule has 2 aromatic rings. The van der Waals surface area contributed by atoms with Crippen molar-refractivity contribution in [1.29, 1.82) is 0 Å². The van der Waals surface area contributed by atoms with Gasteiger partial charge in [-0.15, -0.1) is 0 Å². The Kier molecular flexibility index (Phi) is 9.96. The highest BCUT2D eigenvalue weighted by molar-refractivity contribution is 9.10. The average molecular weight is 518 g/mol. The van der Waals surface area contributed by atoms with Crippen LogP contribution >= 0.6 is 15.9 Å². The quantitative estimate of drug-likeness (QED) is 0.430. The molecule has 0 bridgehead atoms. The normalized spacial score (nSPS) is 13.2. The standard InChI is InChI=1S/C27H37BrN2O3/c1-7-19(3)29-26(32)23(8-2)30(17-20-12-10-9-11-13-20)25(31)18-33-24-15-14-21(16-22(24)28)27(4,5)6/h9-16,19,23H,7-8,17-18H2,1-6H3,(H,29,32)/t19-,23-/m0/s1. The van der Waals surface area contributed by atoms with Crippen LogP contribution in [0.5, 0.6) is 5.75 Å². The molecule has 2 rings (SSSR count). The molecule has 0 saturated carbocycles. The Morgan fingerprint density at radius 1 is 1.06 bits per heavy atom. The van der Waals surface area contributed by atoms with Gasteiger partial charge in [-0.05, 0) is 64.4 Å². The molecular formula is C27H37BrN2O3. The van der Waals surface area contributed by atoms with Crippen molar-refractivity contribution in [2.45, 2.75) is 78.4 Å². The van der Waals surface area contributed by atoms with Crippen molar-refractivity contribution >= 4 is 27.7 Å². The van der Waals surface area contributed by atoms with Crippen LogP contribution in [0, 0.1) is 0 Å². The van der Waals surface area contributed by atoms with E-state index in [-0.39, 0.29) is 29.9 Å². The number of halogens is 1. The van der Waals surface area contributed by atoms with Gasteiger partial charge in [0, 0.05) is 12.6 Å². The zero-order valence-corrected chi connectivity index (χ0v) is 22.2. The molecule has 6 heteroatoms. The minimum Gasteiger partial charge on any atom is -0.483 e. The van der Waals surface area contributed by atoms with Gasteiger partial charge in [0.05, 0.1) is 4.47 Å². The third-order valence-electron chi connectivity index (χ3n) is 5.73. The Balaban J connectivity index is 2.21. The fourth-order valence-electron chi connectivity index (χ4n) is 3.45. The summed E-state index contributed by atoms with van der Waals surface area (Å²) in [4.78, 5) is 27.9. The predicted octanol–water partition coefficient (Wildman–Crippen LogP) is 5.85. The lowest BCUT2D eigenvalue weighted by Crippen LogP contribution is -2.51. The van der Waals surface area contributed by atoms with Gasteiger partial charge in [-0.25, -0.2) is 0 Å². The van der Waals surface area contributed by atoms with Crippen LogP contribution in [0.3, 0.4) is 0 Å². The second-order valence-corrected chi connectivity index (χ2v) is 10.3. The second kappa shape index (κ2) is 12.2. The lowest BCUT2D eigenvalue weighted by Gasteiger charge is -2.31. The van der Waals surface area contributed by atoms with Gasteiger partial charge in [-0.3, -0.25) is 9.59 Å². The summed E-state index contributed by atoms with van der Waals surface area (Å²) in [5, 5.41) is 3.02. The maximum Gasteiger partial charge on any atom is 0.261 e. The van der Waals surface area contributed by atoms with E-state index >= 15 is 0 Å². The van der Waals surface area contributed by atoms with E-state index in [1.54, 1.807) is 4.90 Å².